The van der Waals surface area contributed by atoms with E-state index in [9.17, 15) is 23.4 Å². The summed E-state index contributed by atoms with van der Waals surface area (Å²) in [6, 6.07) is 7.50. The van der Waals surface area contributed by atoms with Crippen LogP contribution in [0.2, 0.25) is 0 Å². The van der Waals surface area contributed by atoms with Gasteiger partial charge in [-0.3, -0.25) is 4.18 Å². The van der Waals surface area contributed by atoms with Gasteiger partial charge in [0.1, 0.15) is 6.10 Å². The molecule has 0 aliphatic carbocycles. The first-order valence-corrected chi connectivity index (χ1v) is 10.2. The van der Waals surface area contributed by atoms with Crippen molar-refractivity contribution in [2.24, 2.45) is 10.2 Å². The molecule has 1 aliphatic heterocycles. The number of carbonyl (C=O) groups excluding carboxylic acids is 1. The Morgan fingerprint density at radius 3 is 2.45 bits per heavy atom. The number of hydrogen-bond acceptors (Lipinski definition) is 11. The molecule has 0 radical (unpaired) electrons. The van der Waals surface area contributed by atoms with Gasteiger partial charge in [-0.15, -0.1) is 0 Å². The minimum atomic E-state index is -4.37. The Labute approximate surface area is 175 Å². The summed E-state index contributed by atoms with van der Waals surface area (Å²) in [5.41, 5.74) is 14.5. The van der Waals surface area contributed by atoms with E-state index < -0.39 is 52.6 Å². The van der Waals surface area contributed by atoms with Gasteiger partial charge in [0.05, 0.1) is 11.8 Å². The molecule has 0 amide bonds. The van der Waals surface area contributed by atoms with Gasteiger partial charge < -0.3 is 24.4 Å². The highest BCUT2D eigenvalue weighted by Crippen LogP contribution is 2.38. The smallest absolute Gasteiger partial charge is 0.338 e. The van der Waals surface area contributed by atoms with Crippen LogP contribution in [0.5, 0.6) is 0 Å². The third-order valence-corrected chi connectivity index (χ3v) is 4.65. The lowest BCUT2D eigenvalue weighted by atomic mass is 9.91. The van der Waals surface area contributed by atoms with Crippen LogP contribution in [-0.2, 0) is 28.5 Å². The number of aliphatic hydroxyl groups excluding tert-OH is 1. The predicted molar refractivity (Wildman–Crippen MR) is 100 cm³/mol. The maximum Gasteiger partial charge on any atom is 0.338 e. The summed E-state index contributed by atoms with van der Waals surface area (Å²) in [5, 5.41) is 27.1. The zero-order valence-electron chi connectivity index (χ0n) is 16.1. The van der Waals surface area contributed by atoms with Crippen LogP contribution in [0, 0.1) is 0 Å². The van der Waals surface area contributed by atoms with Gasteiger partial charge >= 0.3 is 5.97 Å². The minimum Gasteiger partial charge on any atom is -0.450 e. The molecule has 0 aromatic heterocycles. The molecule has 1 aromatic carbocycles. The third-order valence-electron chi connectivity index (χ3n) is 4.09. The van der Waals surface area contributed by atoms with Crippen LogP contribution in [0.4, 0.5) is 0 Å². The molecule has 168 valence electrons. The Balaban J connectivity index is 2.58. The van der Waals surface area contributed by atoms with Crippen molar-refractivity contribution in [1.82, 2.24) is 0 Å². The maximum atomic E-state index is 12.5. The second kappa shape index (κ2) is 9.91. The van der Waals surface area contributed by atoms with Gasteiger partial charge in [-0.2, -0.15) is 8.42 Å². The van der Waals surface area contributed by atoms with Gasteiger partial charge in [0.25, 0.3) is 10.1 Å². The molecular weight excluding hydrogens is 440 g/mol. The second-order valence-electron chi connectivity index (χ2n) is 6.21. The molecule has 31 heavy (non-hydrogen) atoms. The first-order chi connectivity index (χ1) is 14.6. The highest BCUT2D eigenvalue weighted by molar-refractivity contribution is 7.86. The molecule has 1 saturated heterocycles. The van der Waals surface area contributed by atoms with Crippen LogP contribution >= 0.6 is 0 Å². The molecule has 0 saturated carbocycles. The average molecular weight is 458 g/mol. The number of hydrogen-bond donors (Lipinski definition) is 2. The summed E-state index contributed by atoms with van der Waals surface area (Å²) < 4.78 is 44.2. The fourth-order valence-electron chi connectivity index (χ4n) is 2.84. The zero-order chi connectivity index (χ0) is 23.2. The zero-order valence-corrected chi connectivity index (χ0v) is 16.9. The number of esters is 1. The quantitative estimate of drug-likeness (QED) is 0.182. The molecule has 2 rings (SSSR count). The Morgan fingerprint density at radius 1 is 1.29 bits per heavy atom. The van der Waals surface area contributed by atoms with Crippen molar-refractivity contribution in [2.75, 3.05) is 13.4 Å². The third kappa shape index (κ3) is 5.61. The highest BCUT2D eigenvalue weighted by atomic mass is 32.2. The first kappa shape index (κ1) is 24.3. The van der Waals surface area contributed by atoms with Crippen molar-refractivity contribution < 1.29 is 41.8 Å². The molecule has 15 nitrogen and oxygen atoms in total. The van der Waals surface area contributed by atoms with Crippen molar-refractivity contribution >= 4 is 16.1 Å². The fraction of sp³-hybridized carbons (Fsp3) is 0.533. The molecule has 16 heteroatoms. The molecule has 1 aliphatic rings. The Morgan fingerprint density at radius 2 is 1.94 bits per heavy atom. The molecule has 1 fully saturated rings. The van der Waals surface area contributed by atoms with Crippen molar-refractivity contribution in [1.29, 1.82) is 0 Å². The molecule has 0 spiro atoms. The number of benzene rings is 1. The average Bonchev–Trinajstić information content (AvgIpc) is 2.71. The van der Waals surface area contributed by atoms with Gasteiger partial charge in [-0.05, 0) is 23.2 Å². The summed E-state index contributed by atoms with van der Waals surface area (Å²) in [6.45, 7) is 0. The molecule has 1 unspecified atom stereocenters. The van der Waals surface area contributed by atoms with Crippen LogP contribution in [0.25, 0.3) is 20.9 Å². The van der Waals surface area contributed by atoms with E-state index in [1.165, 1.54) is 24.3 Å². The van der Waals surface area contributed by atoms with Crippen LogP contribution in [0.1, 0.15) is 10.4 Å². The van der Waals surface area contributed by atoms with E-state index >= 15 is 0 Å². The lowest BCUT2D eigenvalue weighted by molar-refractivity contribution is -0.327. The number of methoxy groups -OCH3 is 1. The Hall–Kier alpha value is -2.94. The van der Waals surface area contributed by atoms with Gasteiger partial charge in [-0.1, -0.05) is 28.4 Å². The van der Waals surface area contributed by atoms with E-state index in [4.69, 9.17) is 29.5 Å². The Kier molecular flexibility index (Phi) is 7.78. The van der Waals surface area contributed by atoms with E-state index in [0.29, 0.717) is 6.26 Å². The summed E-state index contributed by atoms with van der Waals surface area (Å²) in [5.74, 6) is -0.976. The summed E-state index contributed by atoms with van der Waals surface area (Å²) in [4.78, 5) is 17.3. The van der Waals surface area contributed by atoms with Gasteiger partial charge in [0, 0.05) is 16.9 Å². The molecule has 1 heterocycles. The SMILES string of the molecule is CO[C@H]1O[C@H](C(O)N=[N+]=[N-])[C@](O)(N=[N+]=[N-])[C@H](OS(C)(=O)=O)[C@H]1OC(=O)c1ccccc1. The number of aliphatic hydroxyl groups is 2. The standard InChI is InChI=1S/C15H18N6O9S/c1-27-14-9(28-13(23)8-6-4-3-5-7-8)10(30-31(2,25)26)15(24,19-21-17)11(29-14)12(22)18-20-16/h3-7,9-12,14,22,24H,1-2H3/t9-,10-,11-,12?,14+,15+/m1/s1. The minimum absolute atomic E-state index is 0.0546. The second-order valence-corrected chi connectivity index (χ2v) is 7.81. The molecule has 6 atom stereocenters. The lowest BCUT2D eigenvalue weighted by Gasteiger charge is -2.48. The fourth-order valence-corrected chi connectivity index (χ4v) is 3.47. The molecular formula is C15H18N6O9S. The first-order valence-electron chi connectivity index (χ1n) is 8.40. The normalized spacial score (nSPS) is 29.2. The van der Waals surface area contributed by atoms with E-state index in [-0.39, 0.29) is 5.56 Å². The van der Waals surface area contributed by atoms with Crippen LogP contribution in [0.3, 0.4) is 0 Å². The van der Waals surface area contributed by atoms with Crippen molar-refractivity contribution in [3.05, 3.63) is 56.8 Å². The topological polar surface area (TPSA) is 226 Å². The van der Waals surface area contributed by atoms with Crippen molar-refractivity contribution in [3.8, 4) is 0 Å². The van der Waals surface area contributed by atoms with E-state index in [2.05, 4.69) is 20.1 Å². The predicted octanol–water partition coefficient (Wildman–Crippen LogP) is 0.556. The summed E-state index contributed by atoms with van der Waals surface area (Å²) in [7, 11) is -3.29. The lowest BCUT2D eigenvalue weighted by Crippen LogP contribution is -2.69. The van der Waals surface area contributed by atoms with E-state index in [1.807, 2.05) is 0 Å². The van der Waals surface area contributed by atoms with Gasteiger partial charge in [0.15, 0.2) is 24.7 Å². The van der Waals surface area contributed by atoms with E-state index in [1.54, 1.807) is 6.07 Å². The number of azide groups is 2. The van der Waals surface area contributed by atoms with Gasteiger partial charge in [-0.25, -0.2) is 4.79 Å². The number of rotatable bonds is 8. The number of ether oxygens (including phenoxy) is 3. The van der Waals surface area contributed by atoms with Crippen LogP contribution < -0.4 is 0 Å². The maximum absolute atomic E-state index is 12.5. The molecule has 2 N–H and O–H groups in total. The van der Waals surface area contributed by atoms with Gasteiger partial charge in [0.2, 0.25) is 5.72 Å². The largest absolute Gasteiger partial charge is 0.450 e. The Bertz CT molecular complexity index is 995. The van der Waals surface area contributed by atoms with E-state index in [0.717, 1.165) is 7.11 Å². The van der Waals surface area contributed by atoms with Crippen LogP contribution in [0.15, 0.2) is 40.6 Å². The highest BCUT2D eigenvalue weighted by Gasteiger charge is 2.61. The summed E-state index contributed by atoms with van der Waals surface area (Å²) >= 11 is 0. The van der Waals surface area contributed by atoms with Crippen LogP contribution in [-0.4, -0.2) is 74.5 Å². The van der Waals surface area contributed by atoms with Crippen molar-refractivity contribution in [2.45, 2.75) is 36.6 Å². The monoisotopic (exact) mass is 458 g/mol. The number of carbonyl (C=O) groups is 1. The molecule has 1 aromatic rings. The molecule has 0 bridgehead atoms. The van der Waals surface area contributed by atoms with Crippen molar-refractivity contribution in [3.63, 3.8) is 0 Å². The summed E-state index contributed by atoms with van der Waals surface area (Å²) in [6.07, 6.45) is -9.20. The number of nitrogens with zero attached hydrogens (tertiary/aromatic N) is 6.